The van der Waals surface area contributed by atoms with Crippen molar-refractivity contribution in [1.82, 2.24) is 20.2 Å². The van der Waals surface area contributed by atoms with Gasteiger partial charge in [0.2, 0.25) is 5.91 Å². The van der Waals surface area contributed by atoms with Gasteiger partial charge in [0.15, 0.2) is 0 Å². The molecule has 1 amide bonds. The number of fused-ring (bicyclic) bond motifs is 1. The molecule has 3 unspecified atom stereocenters. The van der Waals surface area contributed by atoms with E-state index in [2.05, 4.69) is 20.2 Å². The van der Waals surface area contributed by atoms with E-state index in [0.29, 0.717) is 16.6 Å². The van der Waals surface area contributed by atoms with Gasteiger partial charge in [-0.25, -0.2) is 9.97 Å². The summed E-state index contributed by atoms with van der Waals surface area (Å²) in [5.74, 6) is 1.35. The van der Waals surface area contributed by atoms with Crippen molar-refractivity contribution in [2.45, 2.75) is 18.9 Å². The lowest BCUT2D eigenvalue weighted by Crippen LogP contribution is -2.32. The van der Waals surface area contributed by atoms with E-state index in [1.165, 1.54) is 6.33 Å². The average molecular weight is 366 g/mol. The number of aromatic amines is 1. The van der Waals surface area contributed by atoms with Gasteiger partial charge in [-0.1, -0.05) is 23.7 Å². The minimum atomic E-state index is 0.0203. The largest absolute Gasteiger partial charge is 0.293 e. The maximum atomic E-state index is 13.0. The lowest BCUT2D eigenvalue weighted by molar-refractivity contribution is -0.121. The Labute approximate surface area is 155 Å². The van der Waals surface area contributed by atoms with Crippen molar-refractivity contribution >= 4 is 23.3 Å². The zero-order valence-corrected chi connectivity index (χ0v) is 14.6. The summed E-state index contributed by atoms with van der Waals surface area (Å²) < 4.78 is 0. The molecule has 6 nitrogen and oxygen atoms in total. The van der Waals surface area contributed by atoms with Crippen molar-refractivity contribution in [2.24, 2.45) is 11.8 Å². The van der Waals surface area contributed by atoms with Gasteiger partial charge in [0.25, 0.3) is 0 Å². The lowest BCUT2D eigenvalue weighted by atomic mass is 9.95. The molecule has 1 saturated heterocycles. The molecule has 7 heteroatoms. The second kappa shape index (κ2) is 5.92. The van der Waals surface area contributed by atoms with Gasteiger partial charge < -0.3 is 0 Å². The predicted molar refractivity (Wildman–Crippen MR) is 97.6 cm³/mol. The van der Waals surface area contributed by atoms with Gasteiger partial charge in [0.05, 0.1) is 5.69 Å². The summed E-state index contributed by atoms with van der Waals surface area (Å²) in [5.41, 5.74) is 2.60. The maximum Gasteiger partial charge on any atom is 0.232 e. The van der Waals surface area contributed by atoms with Crippen LogP contribution in [0.5, 0.6) is 0 Å². The van der Waals surface area contributed by atoms with Crippen molar-refractivity contribution in [1.29, 1.82) is 0 Å². The van der Waals surface area contributed by atoms with Crippen LogP contribution in [0.25, 0.3) is 11.4 Å². The molecule has 2 aromatic heterocycles. The van der Waals surface area contributed by atoms with E-state index in [1.54, 1.807) is 12.3 Å². The van der Waals surface area contributed by atoms with Crippen LogP contribution in [0.4, 0.5) is 5.82 Å². The van der Waals surface area contributed by atoms with E-state index in [4.69, 9.17) is 11.6 Å². The zero-order chi connectivity index (χ0) is 17.7. The molecule has 0 bridgehead atoms. The minimum Gasteiger partial charge on any atom is -0.293 e. The first-order chi connectivity index (χ1) is 12.7. The number of H-pyrrole nitrogens is 1. The number of hydrogen-bond donors (Lipinski definition) is 1. The number of carbonyl (C=O) groups is 1. The number of carbonyl (C=O) groups excluding carboxylic acids is 1. The van der Waals surface area contributed by atoms with Gasteiger partial charge in [-0.3, -0.25) is 14.8 Å². The smallest absolute Gasteiger partial charge is 0.232 e. The molecule has 1 aliphatic carbocycles. The molecule has 2 aliphatic rings. The van der Waals surface area contributed by atoms with E-state index in [-0.39, 0.29) is 17.9 Å². The molecule has 130 valence electrons. The summed E-state index contributed by atoms with van der Waals surface area (Å²) in [4.78, 5) is 23.0. The Hall–Kier alpha value is -2.73. The molecule has 1 N–H and O–H groups in total. The Balaban J connectivity index is 1.37. The molecular weight excluding hydrogens is 350 g/mol. The van der Waals surface area contributed by atoms with Gasteiger partial charge in [-0.2, -0.15) is 5.10 Å². The van der Waals surface area contributed by atoms with Crippen molar-refractivity contribution in [2.75, 3.05) is 4.90 Å². The number of aromatic nitrogens is 4. The zero-order valence-electron chi connectivity index (χ0n) is 13.8. The first-order valence-corrected chi connectivity index (χ1v) is 8.98. The Bertz CT molecular complexity index is 956. The molecular formula is C19H16ClN5O. The topological polar surface area (TPSA) is 74.8 Å². The Morgan fingerprint density at radius 1 is 1.19 bits per heavy atom. The molecule has 1 aromatic carbocycles. The van der Waals surface area contributed by atoms with Crippen LogP contribution in [-0.2, 0) is 11.2 Å². The predicted octanol–water partition coefficient (Wildman–Crippen LogP) is 3.11. The monoisotopic (exact) mass is 365 g/mol. The van der Waals surface area contributed by atoms with Crippen LogP contribution in [0.3, 0.4) is 0 Å². The molecule has 26 heavy (non-hydrogen) atoms. The molecule has 1 saturated carbocycles. The highest BCUT2D eigenvalue weighted by atomic mass is 35.5. The number of hydrogen-bond acceptors (Lipinski definition) is 4. The number of nitrogens with one attached hydrogen (secondary N) is 1. The van der Waals surface area contributed by atoms with Gasteiger partial charge >= 0.3 is 0 Å². The third kappa shape index (κ3) is 2.57. The molecule has 0 spiro atoms. The minimum absolute atomic E-state index is 0.0203. The fourth-order valence-corrected chi connectivity index (χ4v) is 4.00. The third-order valence-corrected chi connectivity index (χ3v) is 5.50. The Kier molecular flexibility index (Phi) is 3.53. The molecule has 5 rings (SSSR count). The SMILES string of the molecule is O=C1C(Cc2ccc(Cl)cc2)C2CC2N1c1cc(-c2ccncn2)n[nH]1. The number of anilines is 1. The molecule has 1 aliphatic heterocycles. The first kappa shape index (κ1) is 15.5. The number of benzene rings is 1. The van der Waals surface area contributed by atoms with Gasteiger partial charge in [-0.05, 0) is 42.5 Å². The maximum absolute atomic E-state index is 13.0. The van der Waals surface area contributed by atoms with Crippen LogP contribution < -0.4 is 4.90 Å². The normalized spacial score (nSPS) is 24.0. The summed E-state index contributed by atoms with van der Waals surface area (Å²) in [6.45, 7) is 0. The summed E-state index contributed by atoms with van der Waals surface area (Å²) >= 11 is 5.95. The van der Waals surface area contributed by atoms with Crippen LogP contribution in [-0.4, -0.2) is 32.1 Å². The summed E-state index contributed by atoms with van der Waals surface area (Å²) in [5, 5.41) is 8.03. The van der Waals surface area contributed by atoms with E-state index < -0.39 is 0 Å². The van der Waals surface area contributed by atoms with Gasteiger partial charge in [-0.15, -0.1) is 0 Å². The van der Waals surface area contributed by atoms with Gasteiger partial charge in [0.1, 0.15) is 17.8 Å². The van der Waals surface area contributed by atoms with Crippen molar-refractivity contribution in [3.8, 4) is 11.4 Å². The third-order valence-electron chi connectivity index (χ3n) is 5.24. The quantitative estimate of drug-likeness (QED) is 0.770. The molecule has 0 radical (unpaired) electrons. The fraction of sp³-hybridized carbons (Fsp3) is 0.263. The molecule has 2 fully saturated rings. The highest BCUT2D eigenvalue weighted by molar-refractivity contribution is 6.30. The van der Waals surface area contributed by atoms with Crippen molar-refractivity contribution < 1.29 is 4.79 Å². The fourth-order valence-electron chi connectivity index (χ4n) is 3.87. The van der Waals surface area contributed by atoms with Crippen molar-refractivity contribution in [3.05, 3.63) is 59.5 Å². The number of halogens is 1. The summed E-state index contributed by atoms with van der Waals surface area (Å²) in [6, 6.07) is 11.7. The Morgan fingerprint density at radius 2 is 2.04 bits per heavy atom. The number of amides is 1. The van der Waals surface area contributed by atoms with Crippen LogP contribution >= 0.6 is 11.6 Å². The molecule has 3 heterocycles. The van der Waals surface area contributed by atoms with Crippen molar-refractivity contribution in [3.63, 3.8) is 0 Å². The summed E-state index contributed by atoms with van der Waals surface area (Å²) in [6.07, 6.45) is 4.97. The van der Waals surface area contributed by atoms with Crippen LogP contribution in [0.15, 0.2) is 48.9 Å². The second-order valence-corrected chi connectivity index (χ2v) is 7.28. The highest BCUT2D eigenvalue weighted by Crippen LogP contribution is 2.51. The molecule has 3 atom stereocenters. The number of piperidine rings is 1. The van der Waals surface area contributed by atoms with Gasteiger partial charge in [0, 0.05) is 29.2 Å². The van der Waals surface area contributed by atoms with Crippen LogP contribution in [0.1, 0.15) is 12.0 Å². The lowest BCUT2D eigenvalue weighted by Gasteiger charge is -2.19. The van der Waals surface area contributed by atoms with E-state index in [9.17, 15) is 4.79 Å². The summed E-state index contributed by atoms with van der Waals surface area (Å²) in [7, 11) is 0. The number of nitrogens with zero attached hydrogens (tertiary/aromatic N) is 4. The van der Waals surface area contributed by atoms with E-state index >= 15 is 0 Å². The number of rotatable bonds is 4. The molecule has 3 aromatic rings. The van der Waals surface area contributed by atoms with E-state index in [1.807, 2.05) is 35.2 Å². The van der Waals surface area contributed by atoms with Crippen LogP contribution in [0, 0.1) is 11.8 Å². The first-order valence-electron chi connectivity index (χ1n) is 8.60. The second-order valence-electron chi connectivity index (χ2n) is 6.85. The standard InChI is InChI=1S/C19H16ClN5O/c20-12-3-1-11(2-4-12)7-14-13-8-17(13)25(19(14)26)18-9-16(23-24-18)15-5-6-21-10-22-15/h1-6,9-10,13-14,17H,7-8H2,(H,23,24). The van der Waals surface area contributed by atoms with E-state index in [0.717, 1.165) is 29.9 Å². The highest BCUT2D eigenvalue weighted by Gasteiger charge is 2.58. The van der Waals surface area contributed by atoms with Crippen LogP contribution in [0.2, 0.25) is 5.02 Å². The Morgan fingerprint density at radius 3 is 2.81 bits per heavy atom. The average Bonchev–Trinajstić information content (AvgIpc) is 3.18.